The van der Waals surface area contributed by atoms with Crippen LogP contribution in [-0.2, 0) is 5.75 Å². The maximum atomic E-state index is 12.3. The number of rotatable bonds is 5. The zero-order valence-electron chi connectivity index (χ0n) is 14.1. The van der Waals surface area contributed by atoms with Crippen LogP contribution in [0.5, 0.6) is 0 Å². The highest BCUT2D eigenvalue weighted by Crippen LogP contribution is 2.33. The SMILES string of the molecule is N#Cc1c(C2CCCCC2)nc(SCc2cccc([N+](=O)[O-])c2)[nH]c1=O. The minimum absolute atomic E-state index is 0.0345. The lowest BCUT2D eigenvalue weighted by Gasteiger charge is -2.21. The summed E-state index contributed by atoms with van der Waals surface area (Å²) in [5.41, 5.74) is 1.10. The van der Waals surface area contributed by atoms with E-state index in [1.807, 2.05) is 6.07 Å². The van der Waals surface area contributed by atoms with Gasteiger partial charge in [0, 0.05) is 23.8 Å². The maximum absolute atomic E-state index is 12.3. The monoisotopic (exact) mass is 370 g/mol. The molecule has 0 bridgehead atoms. The van der Waals surface area contributed by atoms with Crippen molar-refractivity contribution in [1.82, 2.24) is 9.97 Å². The molecule has 1 N–H and O–H groups in total. The fourth-order valence-electron chi connectivity index (χ4n) is 3.23. The third-order valence-corrected chi connectivity index (χ3v) is 5.47. The predicted molar refractivity (Wildman–Crippen MR) is 98.1 cm³/mol. The number of H-pyrrole nitrogens is 1. The van der Waals surface area contributed by atoms with Gasteiger partial charge in [0.15, 0.2) is 5.16 Å². The smallest absolute Gasteiger partial charge is 0.269 e. The van der Waals surface area contributed by atoms with Crippen molar-refractivity contribution in [3.63, 3.8) is 0 Å². The summed E-state index contributed by atoms with van der Waals surface area (Å²) in [6.45, 7) is 0. The van der Waals surface area contributed by atoms with Crippen molar-refractivity contribution in [3.05, 3.63) is 61.6 Å². The number of aromatic nitrogens is 2. The van der Waals surface area contributed by atoms with Gasteiger partial charge in [0.05, 0.1) is 10.6 Å². The summed E-state index contributed by atoms with van der Waals surface area (Å²) in [4.78, 5) is 29.9. The van der Waals surface area contributed by atoms with Gasteiger partial charge in [-0.25, -0.2) is 4.98 Å². The summed E-state index contributed by atoms with van der Waals surface area (Å²) in [7, 11) is 0. The van der Waals surface area contributed by atoms with Crippen molar-refractivity contribution >= 4 is 17.4 Å². The van der Waals surface area contributed by atoms with E-state index in [-0.39, 0.29) is 17.2 Å². The number of aromatic amines is 1. The fourth-order valence-corrected chi connectivity index (χ4v) is 4.04. The molecule has 26 heavy (non-hydrogen) atoms. The van der Waals surface area contributed by atoms with Crippen LogP contribution in [0.4, 0.5) is 5.69 Å². The summed E-state index contributed by atoms with van der Waals surface area (Å²) < 4.78 is 0. The first-order valence-electron chi connectivity index (χ1n) is 8.49. The van der Waals surface area contributed by atoms with Crippen LogP contribution in [-0.4, -0.2) is 14.9 Å². The van der Waals surface area contributed by atoms with Gasteiger partial charge in [0.2, 0.25) is 0 Å². The van der Waals surface area contributed by atoms with E-state index in [1.165, 1.54) is 30.3 Å². The molecule has 0 saturated heterocycles. The molecule has 0 amide bonds. The number of hydrogen-bond donors (Lipinski definition) is 1. The molecule has 1 fully saturated rings. The molecular weight excluding hydrogens is 352 g/mol. The largest absolute Gasteiger partial charge is 0.300 e. The quantitative estimate of drug-likeness (QED) is 0.370. The van der Waals surface area contributed by atoms with E-state index in [2.05, 4.69) is 9.97 Å². The average molecular weight is 370 g/mol. The Balaban J connectivity index is 1.83. The summed E-state index contributed by atoms with van der Waals surface area (Å²) in [5, 5.41) is 20.6. The molecule has 0 atom stereocenters. The van der Waals surface area contributed by atoms with Gasteiger partial charge in [-0.05, 0) is 18.4 Å². The number of benzene rings is 1. The van der Waals surface area contributed by atoms with Crippen LogP contribution in [0.1, 0.15) is 54.8 Å². The van der Waals surface area contributed by atoms with E-state index in [0.717, 1.165) is 31.2 Å². The summed E-state index contributed by atoms with van der Waals surface area (Å²) >= 11 is 1.31. The second-order valence-corrected chi connectivity index (χ2v) is 7.26. The number of hydrogen-bond acceptors (Lipinski definition) is 6. The lowest BCUT2D eigenvalue weighted by molar-refractivity contribution is -0.384. The molecule has 134 valence electrons. The summed E-state index contributed by atoms with van der Waals surface area (Å²) in [6, 6.07) is 8.37. The van der Waals surface area contributed by atoms with E-state index in [1.54, 1.807) is 12.1 Å². The number of nitrogens with one attached hydrogen (secondary N) is 1. The van der Waals surface area contributed by atoms with Gasteiger partial charge in [-0.3, -0.25) is 14.9 Å². The van der Waals surface area contributed by atoms with Gasteiger partial charge >= 0.3 is 0 Å². The number of non-ortho nitro benzene ring substituents is 1. The molecule has 1 aliphatic rings. The second kappa shape index (κ2) is 8.15. The Labute approximate surface area is 154 Å². The third kappa shape index (κ3) is 4.11. The predicted octanol–water partition coefficient (Wildman–Crippen LogP) is 3.89. The average Bonchev–Trinajstić information content (AvgIpc) is 2.67. The molecule has 0 spiro atoms. The van der Waals surface area contributed by atoms with E-state index in [4.69, 9.17) is 0 Å². The molecule has 3 rings (SSSR count). The number of nitriles is 1. The number of nitro benzene ring substituents is 1. The number of nitro groups is 1. The highest BCUT2D eigenvalue weighted by Gasteiger charge is 2.23. The molecule has 1 aliphatic carbocycles. The van der Waals surface area contributed by atoms with Crippen LogP contribution in [0, 0.1) is 21.4 Å². The molecule has 1 aromatic heterocycles. The van der Waals surface area contributed by atoms with Gasteiger partial charge in [0.1, 0.15) is 11.6 Å². The van der Waals surface area contributed by atoms with Crippen molar-refractivity contribution in [2.24, 2.45) is 0 Å². The molecular formula is C18H18N4O3S. The lowest BCUT2D eigenvalue weighted by atomic mass is 9.85. The molecule has 0 unspecified atom stereocenters. The highest BCUT2D eigenvalue weighted by molar-refractivity contribution is 7.98. The molecule has 1 saturated carbocycles. The molecule has 1 heterocycles. The Bertz CT molecular complexity index is 913. The van der Waals surface area contributed by atoms with Crippen molar-refractivity contribution in [2.45, 2.75) is 48.9 Å². The Morgan fingerprint density at radius 1 is 1.35 bits per heavy atom. The Morgan fingerprint density at radius 3 is 2.81 bits per heavy atom. The Hall–Kier alpha value is -2.66. The van der Waals surface area contributed by atoms with Crippen molar-refractivity contribution in [3.8, 4) is 6.07 Å². The molecule has 0 radical (unpaired) electrons. The van der Waals surface area contributed by atoms with E-state index >= 15 is 0 Å². The van der Waals surface area contributed by atoms with Gasteiger partial charge in [0.25, 0.3) is 11.2 Å². The minimum Gasteiger partial charge on any atom is -0.300 e. The Kier molecular flexibility index (Phi) is 5.68. The first-order valence-corrected chi connectivity index (χ1v) is 9.47. The first kappa shape index (κ1) is 18.1. The van der Waals surface area contributed by atoms with E-state index in [0.29, 0.717) is 16.6 Å². The fraction of sp³-hybridized carbons (Fsp3) is 0.389. The number of nitrogens with zero attached hydrogens (tertiary/aromatic N) is 3. The van der Waals surface area contributed by atoms with Crippen LogP contribution in [0.15, 0.2) is 34.2 Å². The van der Waals surface area contributed by atoms with Gasteiger partial charge in [-0.2, -0.15) is 5.26 Å². The van der Waals surface area contributed by atoms with Crippen molar-refractivity contribution < 1.29 is 4.92 Å². The zero-order valence-corrected chi connectivity index (χ0v) is 14.9. The molecule has 8 heteroatoms. The second-order valence-electron chi connectivity index (χ2n) is 6.29. The minimum atomic E-state index is -0.433. The van der Waals surface area contributed by atoms with Crippen molar-refractivity contribution in [2.75, 3.05) is 0 Å². The lowest BCUT2D eigenvalue weighted by Crippen LogP contribution is -2.20. The van der Waals surface area contributed by atoms with Crippen LogP contribution in [0.3, 0.4) is 0 Å². The standard InChI is InChI=1S/C18H18N4O3S/c19-10-15-16(13-6-2-1-3-7-13)20-18(21-17(15)23)26-11-12-5-4-8-14(9-12)22(24)25/h4-5,8-9,13H,1-3,6-7,11H2,(H,20,21,23). The van der Waals surface area contributed by atoms with Crippen molar-refractivity contribution in [1.29, 1.82) is 5.26 Å². The third-order valence-electron chi connectivity index (χ3n) is 4.53. The van der Waals surface area contributed by atoms with Crippen LogP contribution < -0.4 is 5.56 Å². The first-order chi connectivity index (χ1) is 12.6. The Morgan fingerprint density at radius 2 is 2.12 bits per heavy atom. The molecule has 0 aliphatic heterocycles. The highest BCUT2D eigenvalue weighted by atomic mass is 32.2. The topological polar surface area (TPSA) is 113 Å². The summed E-state index contributed by atoms with van der Waals surface area (Å²) in [5.74, 6) is 0.596. The van der Waals surface area contributed by atoms with E-state index < -0.39 is 10.5 Å². The molecule has 1 aromatic carbocycles. The van der Waals surface area contributed by atoms with Crippen LogP contribution in [0.2, 0.25) is 0 Å². The zero-order chi connectivity index (χ0) is 18.5. The van der Waals surface area contributed by atoms with Gasteiger partial charge < -0.3 is 4.98 Å². The number of thioether (sulfide) groups is 1. The normalized spacial score (nSPS) is 14.7. The maximum Gasteiger partial charge on any atom is 0.269 e. The van der Waals surface area contributed by atoms with E-state index in [9.17, 15) is 20.2 Å². The van der Waals surface area contributed by atoms with Crippen LogP contribution in [0.25, 0.3) is 0 Å². The molecule has 2 aromatic rings. The van der Waals surface area contributed by atoms with Gasteiger partial charge in [-0.15, -0.1) is 0 Å². The van der Waals surface area contributed by atoms with Crippen LogP contribution >= 0.6 is 11.8 Å². The molecule has 7 nitrogen and oxygen atoms in total. The van der Waals surface area contributed by atoms with Gasteiger partial charge in [-0.1, -0.05) is 43.2 Å². The summed E-state index contributed by atoms with van der Waals surface area (Å²) in [6.07, 6.45) is 5.23.